The molecule has 0 fully saturated rings. The van der Waals surface area contributed by atoms with Crippen molar-refractivity contribution in [3.05, 3.63) is 18.1 Å². The summed E-state index contributed by atoms with van der Waals surface area (Å²) in [6, 6.07) is 1.13. The highest BCUT2D eigenvalue weighted by atomic mass is 31.2. The summed E-state index contributed by atoms with van der Waals surface area (Å²) >= 11 is 0. The van der Waals surface area contributed by atoms with E-state index in [9.17, 15) is 8.96 Å². The topological polar surface area (TPSA) is 30.0 Å². The highest BCUT2D eigenvalue weighted by molar-refractivity contribution is 7.69. The third kappa shape index (κ3) is 1.95. The molecule has 0 saturated heterocycles. The van der Waals surface area contributed by atoms with Gasteiger partial charge in [-0.1, -0.05) is 5.46 Å². The van der Waals surface area contributed by atoms with Gasteiger partial charge in [-0.25, -0.2) is 4.39 Å². The zero-order valence-electron chi connectivity index (χ0n) is 6.91. The predicted octanol–water partition coefficient (Wildman–Crippen LogP) is 0.262. The first-order valence-corrected chi connectivity index (χ1v) is 5.98. The summed E-state index contributed by atoms with van der Waals surface area (Å²) in [5.41, 5.74) is 0.251. The van der Waals surface area contributed by atoms with Crippen LogP contribution in [0.3, 0.4) is 0 Å². The first-order chi connectivity index (χ1) is 5.41. The summed E-state index contributed by atoms with van der Waals surface area (Å²) < 4.78 is 24.4. The lowest BCUT2D eigenvalue weighted by Gasteiger charge is -2.06. The van der Waals surface area contributed by atoms with Crippen molar-refractivity contribution < 1.29 is 8.96 Å². The number of halogens is 1. The molecule has 0 atom stereocenters. The quantitative estimate of drug-likeness (QED) is 0.461. The maximum atomic E-state index is 13.0. The molecule has 0 bridgehead atoms. The van der Waals surface area contributed by atoms with E-state index < -0.39 is 13.0 Å². The van der Waals surface area contributed by atoms with Gasteiger partial charge < -0.3 is 4.57 Å². The van der Waals surface area contributed by atoms with E-state index in [1.165, 1.54) is 19.5 Å². The van der Waals surface area contributed by atoms with E-state index in [0.717, 1.165) is 6.07 Å². The van der Waals surface area contributed by atoms with Gasteiger partial charge in [-0.15, -0.1) is 0 Å². The minimum Gasteiger partial charge on any atom is -0.318 e. The number of pyridine rings is 1. The molecule has 1 aromatic heterocycles. The summed E-state index contributed by atoms with van der Waals surface area (Å²) in [5, 5.41) is 0. The predicted molar refractivity (Wildman–Crippen MR) is 48.7 cm³/mol. The van der Waals surface area contributed by atoms with Crippen molar-refractivity contribution in [3.8, 4) is 0 Å². The SMILES string of the molecule is [B]c1cnc(P(C)(C)=O)c(F)c1. The van der Waals surface area contributed by atoms with Gasteiger partial charge in [0, 0.05) is 6.20 Å². The summed E-state index contributed by atoms with van der Waals surface area (Å²) in [7, 11) is 2.66. The minimum atomic E-state index is -2.62. The van der Waals surface area contributed by atoms with Crippen LogP contribution in [0, 0.1) is 5.82 Å². The molecule has 0 aliphatic rings. The van der Waals surface area contributed by atoms with Gasteiger partial charge in [-0.05, 0) is 19.4 Å². The van der Waals surface area contributed by atoms with Crippen molar-refractivity contribution in [2.45, 2.75) is 0 Å². The van der Waals surface area contributed by atoms with Crippen LogP contribution in [0.1, 0.15) is 0 Å². The van der Waals surface area contributed by atoms with Gasteiger partial charge in [-0.3, -0.25) is 4.98 Å². The van der Waals surface area contributed by atoms with Gasteiger partial charge >= 0.3 is 0 Å². The Morgan fingerprint density at radius 1 is 1.58 bits per heavy atom. The number of hydrogen-bond donors (Lipinski definition) is 0. The number of aromatic nitrogens is 1. The Kier molecular flexibility index (Phi) is 2.38. The number of rotatable bonds is 1. The van der Waals surface area contributed by atoms with Gasteiger partial charge in [0.15, 0.2) is 5.82 Å². The molecule has 0 unspecified atom stereocenters. The van der Waals surface area contributed by atoms with E-state index in [1.54, 1.807) is 0 Å². The van der Waals surface area contributed by atoms with Crippen LogP contribution in [0.25, 0.3) is 0 Å². The molecule has 2 nitrogen and oxygen atoms in total. The van der Waals surface area contributed by atoms with Crippen molar-refractivity contribution in [1.29, 1.82) is 0 Å². The van der Waals surface area contributed by atoms with E-state index in [4.69, 9.17) is 7.85 Å². The van der Waals surface area contributed by atoms with Crippen molar-refractivity contribution in [2.24, 2.45) is 0 Å². The summed E-state index contributed by atoms with van der Waals surface area (Å²) in [6.45, 7) is 2.93. The Bertz CT molecular complexity index is 349. The fourth-order valence-corrected chi connectivity index (χ4v) is 1.76. The third-order valence-corrected chi connectivity index (χ3v) is 2.70. The van der Waals surface area contributed by atoms with Crippen LogP contribution in [-0.2, 0) is 4.57 Å². The van der Waals surface area contributed by atoms with Crippen LogP contribution in [0.2, 0.25) is 0 Å². The second kappa shape index (κ2) is 3.02. The van der Waals surface area contributed by atoms with E-state index in [0.29, 0.717) is 0 Å². The van der Waals surface area contributed by atoms with Crippen molar-refractivity contribution in [2.75, 3.05) is 13.3 Å². The number of hydrogen-bond acceptors (Lipinski definition) is 2. The Morgan fingerprint density at radius 3 is 2.58 bits per heavy atom. The van der Waals surface area contributed by atoms with Crippen LogP contribution in [0.15, 0.2) is 12.3 Å². The van der Waals surface area contributed by atoms with E-state index in [2.05, 4.69) is 4.98 Å². The minimum absolute atomic E-state index is 0.0108. The van der Waals surface area contributed by atoms with Crippen LogP contribution in [0.5, 0.6) is 0 Å². The molecule has 0 aliphatic carbocycles. The molecule has 5 heteroatoms. The van der Waals surface area contributed by atoms with Crippen LogP contribution in [0.4, 0.5) is 4.39 Å². The molecule has 0 N–H and O–H groups in total. The van der Waals surface area contributed by atoms with Gasteiger partial charge in [0.25, 0.3) is 0 Å². The summed E-state index contributed by atoms with van der Waals surface area (Å²) in [6.07, 6.45) is 1.30. The Labute approximate surface area is 72.0 Å². The lowest BCUT2D eigenvalue weighted by Crippen LogP contribution is -2.18. The lowest BCUT2D eigenvalue weighted by molar-refractivity contribution is 0.583. The second-order valence-electron chi connectivity index (χ2n) is 2.92. The molecule has 62 valence electrons. The molecule has 0 aromatic carbocycles. The second-order valence-corrected chi connectivity index (χ2v) is 6.05. The van der Waals surface area contributed by atoms with Crippen molar-refractivity contribution in [1.82, 2.24) is 4.98 Å². The zero-order valence-corrected chi connectivity index (χ0v) is 7.81. The van der Waals surface area contributed by atoms with Crippen LogP contribution in [-0.4, -0.2) is 26.2 Å². The van der Waals surface area contributed by atoms with Gasteiger partial charge in [0.1, 0.15) is 20.4 Å². The average Bonchev–Trinajstić information content (AvgIpc) is 1.83. The maximum absolute atomic E-state index is 13.0. The zero-order chi connectivity index (χ0) is 9.35. The molecule has 1 aromatic rings. The Balaban J connectivity index is 3.28. The highest BCUT2D eigenvalue weighted by Gasteiger charge is 2.17. The Hall–Kier alpha value is -0.625. The molecule has 0 amide bonds. The number of nitrogens with zero attached hydrogens (tertiary/aromatic N) is 1. The standard InChI is InChI=1S/C7H8BFNOP/c1-12(2,11)7-6(9)3-5(8)4-10-7/h3-4H,1-2H3. The van der Waals surface area contributed by atoms with E-state index >= 15 is 0 Å². The molecule has 0 aliphatic heterocycles. The maximum Gasteiger partial charge on any atom is 0.151 e. The molecular weight excluding hydrogens is 175 g/mol. The Morgan fingerprint density at radius 2 is 2.17 bits per heavy atom. The third-order valence-electron chi connectivity index (χ3n) is 1.35. The normalized spacial score (nSPS) is 11.6. The molecule has 0 spiro atoms. The van der Waals surface area contributed by atoms with Gasteiger partial charge in [-0.2, -0.15) is 0 Å². The van der Waals surface area contributed by atoms with Crippen LogP contribution >= 0.6 is 7.14 Å². The monoisotopic (exact) mass is 183 g/mol. The fourth-order valence-electron chi connectivity index (χ4n) is 0.842. The van der Waals surface area contributed by atoms with E-state index in [-0.39, 0.29) is 10.9 Å². The smallest absolute Gasteiger partial charge is 0.151 e. The first-order valence-electron chi connectivity index (χ1n) is 3.38. The summed E-state index contributed by atoms with van der Waals surface area (Å²) in [4.78, 5) is 3.69. The molecule has 12 heavy (non-hydrogen) atoms. The van der Waals surface area contributed by atoms with Crippen molar-refractivity contribution in [3.63, 3.8) is 0 Å². The summed E-state index contributed by atoms with van der Waals surface area (Å²) in [5.74, 6) is -0.594. The molecular formula is C7H8BFNOP. The highest BCUT2D eigenvalue weighted by Crippen LogP contribution is 2.33. The van der Waals surface area contributed by atoms with Gasteiger partial charge in [0.2, 0.25) is 0 Å². The van der Waals surface area contributed by atoms with Gasteiger partial charge in [0.05, 0.1) is 0 Å². The largest absolute Gasteiger partial charge is 0.318 e. The first kappa shape index (κ1) is 9.46. The van der Waals surface area contributed by atoms with Crippen molar-refractivity contribution >= 4 is 25.9 Å². The molecule has 1 rings (SSSR count). The molecule has 1 heterocycles. The lowest BCUT2D eigenvalue weighted by atomic mass is 9.99. The van der Waals surface area contributed by atoms with E-state index in [1.807, 2.05) is 0 Å². The molecule has 2 radical (unpaired) electrons. The van der Waals surface area contributed by atoms with Crippen LogP contribution < -0.4 is 10.9 Å². The average molecular weight is 183 g/mol. The molecule has 0 saturated carbocycles. The fraction of sp³-hybridized carbons (Fsp3) is 0.286.